The van der Waals surface area contributed by atoms with Crippen LogP contribution in [0.25, 0.3) is 0 Å². The summed E-state index contributed by atoms with van der Waals surface area (Å²) in [6.07, 6.45) is 6.64. The molecular weight excluding hydrogens is 226 g/mol. The molecule has 1 unspecified atom stereocenters. The fourth-order valence-electron chi connectivity index (χ4n) is 2.24. The lowest BCUT2D eigenvalue weighted by Crippen LogP contribution is -2.43. The molecule has 2 rings (SSSR count). The number of nitrogens with one attached hydrogen (secondary N) is 2. The second-order valence-corrected chi connectivity index (χ2v) is 4.68. The minimum atomic E-state index is 0.0856. The van der Waals surface area contributed by atoms with E-state index < -0.39 is 0 Å². The van der Waals surface area contributed by atoms with Crippen LogP contribution in [0.2, 0.25) is 0 Å². The fourth-order valence-corrected chi connectivity index (χ4v) is 2.24. The van der Waals surface area contributed by atoms with Crippen LogP contribution in [-0.4, -0.2) is 17.0 Å². The van der Waals surface area contributed by atoms with Crippen molar-refractivity contribution in [1.29, 1.82) is 0 Å². The number of nitrogens with zero attached hydrogens (tertiary/aromatic N) is 2. The van der Waals surface area contributed by atoms with Gasteiger partial charge in [-0.3, -0.25) is 10.4 Å². The summed E-state index contributed by atoms with van der Waals surface area (Å²) in [5.74, 6) is 6.17. The van der Waals surface area contributed by atoms with Crippen molar-refractivity contribution in [3.8, 4) is 0 Å². The van der Waals surface area contributed by atoms with Gasteiger partial charge in [-0.15, -0.1) is 0 Å². The van der Waals surface area contributed by atoms with Gasteiger partial charge in [-0.1, -0.05) is 18.9 Å². The topological polar surface area (TPSA) is 75.3 Å². The van der Waals surface area contributed by atoms with Gasteiger partial charge in [0, 0.05) is 6.20 Å². The van der Waals surface area contributed by atoms with Crippen LogP contribution in [0.1, 0.15) is 44.3 Å². The monoisotopic (exact) mass is 247 g/mol. The van der Waals surface area contributed by atoms with Crippen molar-refractivity contribution >= 4 is 5.96 Å². The van der Waals surface area contributed by atoms with Gasteiger partial charge in [-0.05, 0) is 31.9 Å². The lowest BCUT2D eigenvalue weighted by atomic mass is 10.2. The third-order valence-electron chi connectivity index (χ3n) is 3.26. The zero-order valence-corrected chi connectivity index (χ0v) is 10.8. The highest BCUT2D eigenvalue weighted by Gasteiger charge is 2.15. The number of hydrogen-bond donors (Lipinski definition) is 3. The SMILES string of the molecule is CC(NC(=NC1CCCC1)NN)c1ccccn1. The number of pyridine rings is 1. The zero-order valence-electron chi connectivity index (χ0n) is 10.8. The number of nitrogens with two attached hydrogens (primary N) is 1. The van der Waals surface area contributed by atoms with Crippen LogP contribution in [0.4, 0.5) is 0 Å². The van der Waals surface area contributed by atoms with Crippen molar-refractivity contribution < 1.29 is 0 Å². The number of aromatic nitrogens is 1. The van der Waals surface area contributed by atoms with Crippen molar-refractivity contribution in [2.45, 2.75) is 44.7 Å². The molecule has 1 atom stereocenters. The summed E-state index contributed by atoms with van der Waals surface area (Å²) in [4.78, 5) is 8.91. The molecule has 0 saturated heterocycles. The Morgan fingerprint density at radius 1 is 1.44 bits per heavy atom. The molecule has 1 aromatic rings. The van der Waals surface area contributed by atoms with Crippen molar-refractivity contribution in [2.75, 3.05) is 0 Å². The molecule has 1 aliphatic carbocycles. The lowest BCUT2D eigenvalue weighted by Gasteiger charge is -2.17. The van der Waals surface area contributed by atoms with E-state index in [2.05, 4.69) is 20.7 Å². The number of hydrazine groups is 1. The average Bonchev–Trinajstić information content (AvgIpc) is 2.91. The van der Waals surface area contributed by atoms with Crippen LogP contribution in [0.3, 0.4) is 0 Å². The van der Waals surface area contributed by atoms with Crippen molar-refractivity contribution in [3.05, 3.63) is 30.1 Å². The highest BCUT2D eigenvalue weighted by molar-refractivity contribution is 5.79. The molecule has 1 saturated carbocycles. The Morgan fingerprint density at radius 2 is 2.22 bits per heavy atom. The molecule has 0 spiro atoms. The number of hydrogen-bond acceptors (Lipinski definition) is 3. The molecule has 0 radical (unpaired) electrons. The Labute approximate surface area is 108 Å². The van der Waals surface area contributed by atoms with E-state index in [-0.39, 0.29) is 6.04 Å². The molecule has 18 heavy (non-hydrogen) atoms. The first-order chi connectivity index (χ1) is 8.79. The van der Waals surface area contributed by atoms with Gasteiger partial charge in [0.2, 0.25) is 5.96 Å². The molecule has 5 nitrogen and oxygen atoms in total. The predicted octanol–water partition coefficient (Wildman–Crippen LogP) is 1.49. The van der Waals surface area contributed by atoms with Crippen LogP contribution in [-0.2, 0) is 0 Å². The minimum Gasteiger partial charge on any atom is -0.347 e. The zero-order chi connectivity index (χ0) is 12.8. The first kappa shape index (κ1) is 12.8. The van der Waals surface area contributed by atoms with E-state index in [1.165, 1.54) is 12.8 Å². The second-order valence-electron chi connectivity index (χ2n) is 4.68. The molecule has 1 fully saturated rings. The van der Waals surface area contributed by atoms with E-state index in [4.69, 9.17) is 5.84 Å². The van der Waals surface area contributed by atoms with Gasteiger partial charge in [0.05, 0.1) is 17.8 Å². The molecule has 1 aliphatic rings. The fraction of sp³-hybridized carbons (Fsp3) is 0.538. The quantitative estimate of drug-likeness (QED) is 0.327. The van der Waals surface area contributed by atoms with E-state index in [0.717, 1.165) is 18.5 Å². The van der Waals surface area contributed by atoms with Gasteiger partial charge in [0.1, 0.15) is 0 Å². The summed E-state index contributed by atoms with van der Waals surface area (Å²) in [5.41, 5.74) is 3.62. The Bertz CT molecular complexity index is 384. The lowest BCUT2D eigenvalue weighted by molar-refractivity contribution is 0.642. The van der Waals surface area contributed by atoms with Gasteiger partial charge in [-0.2, -0.15) is 0 Å². The summed E-state index contributed by atoms with van der Waals surface area (Å²) in [6, 6.07) is 6.36. The largest absolute Gasteiger partial charge is 0.347 e. The van der Waals surface area contributed by atoms with Crippen molar-refractivity contribution in [1.82, 2.24) is 15.7 Å². The molecule has 0 bridgehead atoms. The van der Waals surface area contributed by atoms with Gasteiger partial charge in [0.15, 0.2) is 0 Å². The molecule has 0 aromatic carbocycles. The Balaban J connectivity index is 1.97. The van der Waals surface area contributed by atoms with Crippen molar-refractivity contribution in [2.24, 2.45) is 10.8 Å². The summed E-state index contributed by atoms with van der Waals surface area (Å²) >= 11 is 0. The van der Waals surface area contributed by atoms with Crippen LogP contribution in [0.5, 0.6) is 0 Å². The molecule has 1 heterocycles. The Kier molecular flexibility index (Phi) is 4.52. The summed E-state index contributed by atoms with van der Waals surface area (Å²) in [5, 5.41) is 3.26. The predicted molar refractivity (Wildman–Crippen MR) is 72.8 cm³/mol. The van der Waals surface area contributed by atoms with Crippen LogP contribution in [0.15, 0.2) is 29.4 Å². The Hall–Kier alpha value is -1.62. The third-order valence-corrected chi connectivity index (χ3v) is 3.26. The highest BCUT2D eigenvalue weighted by Crippen LogP contribution is 2.20. The number of rotatable bonds is 3. The second kappa shape index (κ2) is 6.35. The maximum absolute atomic E-state index is 5.51. The normalized spacial score (nSPS) is 18.7. The number of guanidine groups is 1. The van der Waals surface area contributed by atoms with Crippen LogP contribution < -0.4 is 16.6 Å². The first-order valence-corrected chi connectivity index (χ1v) is 6.51. The summed E-state index contributed by atoms with van der Waals surface area (Å²) in [7, 11) is 0. The van der Waals surface area contributed by atoms with E-state index in [9.17, 15) is 0 Å². The third kappa shape index (κ3) is 3.43. The maximum Gasteiger partial charge on any atom is 0.206 e. The van der Waals surface area contributed by atoms with Gasteiger partial charge in [-0.25, -0.2) is 10.8 Å². The van der Waals surface area contributed by atoms with Gasteiger partial charge < -0.3 is 5.32 Å². The molecule has 1 aromatic heterocycles. The van der Waals surface area contributed by atoms with Crippen LogP contribution >= 0.6 is 0 Å². The molecule has 4 N–H and O–H groups in total. The summed E-state index contributed by atoms with van der Waals surface area (Å²) in [6.45, 7) is 2.05. The van der Waals surface area contributed by atoms with Gasteiger partial charge in [0.25, 0.3) is 0 Å². The molecular formula is C13H21N5. The smallest absolute Gasteiger partial charge is 0.206 e. The molecule has 98 valence electrons. The first-order valence-electron chi connectivity index (χ1n) is 6.51. The maximum atomic E-state index is 5.51. The highest BCUT2D eigenvalue weighted by atomic mass is 15.3. The summed E-state index contributed by atoms with van der Waals surface area (Å²) < 4.78 is 0. The molecule has 0 aliphatic heterocycles. The van der Waals surface area contributed by atoms with Crippen molar-refractivity contribution in [3.63, 3.8) is 0 Å². The molecule has 5 heteroatoms. The van der Waals surface area contributed by atoms with Crippen LogP contribution in [0, 0.1) is 0 Å². The average molecular weight is 247 g/mol. The Morgan fingerprint density at radius 3 is 2.83 bits per heavy atom. The van der Waals surface area contributed by atoms with E-state index in [0.29, 0.717) is 12.0 Å². The minimum absolute atomic E-state index is 0.0856. The van der Waals surface area contributed by atoms with Gasteiger partial charge >= 0.3 is 0 Å². The standard InChI is InChI=1S/C13H21N5/c1-10(12-8-4-5-9-15-12)16-13(18-14)17-11-6-2-3-7-11/h4-5,8-11H,2-3,6-7,14H2,1H3,(H2,16,17,18). The number of aliphatic imine (C=N–C) groups is 1. The van der Waals surface area contributed by atoms with E-state index in [1.54, 1.807) is 6.20 Å². The van der Waals surface area contributed by atoms with E-state index >= 15 is 0 Å². The molecule has 0 amide bonds. The van der Waals surface area contributed by atoms with E-state index in [1.807, 2.05) is 25.1 Å².